The predicted octanol–water partition coefficient (Wildman–Crippen LogP) is 2.79. The first-order valence-electron chi connectivity index (χ1n) is 10.9. The molecule has 3 atom stereocenters. The maximum atomic E-state index is 14.0. The molecule has 1 N–H and O–H groups in total. The average molecular weight is 410 g/mol. The van der Waals surface area contributed by atoms with Crippen molar-refractivity contribution in [2.75, 3.05) is 13.1 Å². The fourth-order valence-corrected chi connectivity index (χ4v) is 4.85. The molecule has 3 aliphatic rings. The van der Waals surface area contributed by atoms with Crippen molar-refractivity contribution in [3.8, 4) is 0 Å². The highest BCUT2D eigenvalue weighted by molar-refractivity contribution is 5.82. The lowest BCUT2D eigenvalue weighted by Gasteiger charge is -2.29. The lowest BCUT2D eigenvalue weighted by molar-refractivity contribution is -0.134. The van der Waals surface area contributed by atoms with Gasteiger partial charge in [0.25, 0.3) is 5.56 Å². The van der Waals surface area contributed by atoms with E-state index in [9.17, 15) is 14.0 Å². The van der Waals surface area contributed by atoms with Gasteiger partial charge in [-0.15, -0.1) is 0 Å². The van der Waals surface area contributed by atoms with Gasteiger partial charge in [0, 0.05) is 44.1 Å². The van der Waals surface area contributed by atoms with Crippen molar-refractivity contribution >= 4 is 5.91 Å². The molecule has 0 bridgehead atoms. The molecule has 1 saturated heterocycles. The van der Waals surface area contributed by atoms with Crippen LogP contribution in [0.1, 0.15) is 54.9 Å². The molecule has 0 spiro atoms. The first kappa shape index (κ1) is 19.4. The maximum absolute atomic E-state index is 14.0. The summed E-state index contributed by atoms with van der Waals surface area (Å²) in [5, 5.41) is 0. The number of H-pyrrole nitrogens is 1. The van der Waals surface area contributed by atoms with Crippen LogP contribution in [-0.4, -0.2) is 38.8 Å². The molecule has 1 saturated carbocycles. The van der Waals surface area contributed by atoms with Crippen molar-refractivity contribution < 1.29 is 9.18 Å². The van der Waals surface area contributed by atoms with Gasteiger partial charge in [0.1, 0.15) is 11.6 Å². The highest BCUT2D eigenvalue weighted by Gasteiger charge is 2.45. The molecule has 1 aromatic heterocycles. The standard InChI is InChI=1S/C23H27FN4O2/c1-14-11-16(14)23(30)28-9-4-7-20(28)21-25-19-8-10-27(13-17(19)22(29)26-21)12-15-5-2-3-6-18(15)24/h2-3,5-6,14,16,20H,4,7-13H2,1H3,(H,25,26,29)/t14-,16+,20-/m1/s1. The van der Waals surface area contributed by atoms with E-state index in [1.807, 2.05) is 11.0 Å². The number of fused-ring (bicyclic) bond motifs is 1. The van der Waals surface area contributed by atoms with Gasteiger partial charge < -0.3 is 9.88 Å². The van der Waals surface area contributed by atoms with E-state index in [1.54, 1.807) is 12.1 Å². The van der Waals surface area contributed by atoms with Crippen molar-refractivity contribution in [2.45, 2.75) is 51.7 Å². The number of rotatable bonds is 4. The number of carbonyl (C=O) groups is 1. The van der Waals surface area contributed by atoms with E-state index in [1.165, 1.54) is 6.07 Å². The fraction of sp³-hybridized carbons (Fsp3) is 0.522. The molecule has 2 aromatic rings. The number of likely N-dealkylation sites (tertiary alicyclic amines) is 1. The zero-order valence-electron chi connectivity index (χ0n) is 17.2. The van der Waals surface area contributed by atoms with Gasteiger partial charge in [0.15, 0.2) is 0 Å². The lowest BCUT2D eigenvalue weighted by Crippen LogP contribution is -2.38. The molecule has 1 aliphatic carbocycles. The number of benzene rings is 1. The van der Waals surface area contributed by atoms with E-state index in [0.717, 1.165) is 38.0 Å². The molecule has 1 aromatic carbocycles. The Morgan fingerprint density at radius 2 is 2.10 bits per heavy atom. The minimum absolute atomic E-state index is 0.125. The normalized spacial score (nSPS) is 25.9. The molecule has 2 fully saturated rings. The third-order valence-electron chi connectivity index (χ3n) is 6.80. The number of halogens is 1. The number of aromatic amines is 1. The molecule has 3 heterocycles. The number of hydrogen-bond acceptors (Lipinski definition) is 4. The highest BCUT2D eigenvalue weighted by Crippen LogP contribution is 2.42. The van der Waals surface area contributed by atoms with Crippen LogP contribution in [0.25, 0.3) is 0 Å². The van der Waals surface area contributed by atoms with Gasteiger partial charge in [0.2, 0.25) is 5.91 Å². The maximum Gasteiger partial charge on any atom is 0.255 e. The first-order chi connectivity index (χ1) is 14.5. The Morgan fingerprint density at radius 3 is 2.87 bits per heavy atom. The van der Waals surface area contributed by atoms with Gasteiger partial charge in [-0.1, -0.05) is 25.1 Å². The summed E-state index contributed by atoms with van der Waals surface area (Å²) in [5.74, 6) is 1.22. The van der Waals surface area contributed by atoms with Crippen LogP contribution >= 0.6 is 0 Å². The molecule has 6 nitrogen and oxygen atoms in total. The third-order valence-corrected chi connectivity index (χ3v) is 6.80. The van der Waals surface area contributed by atoms with Crippen LogP contribution in [0.15, 0.2) is 29.1 Å². The van der Waals surface area contributed by atoms with Crippen LogP contribution in [0.2, 0.25) is 0 Å². The Labute approximate surface area is 175 Å². The molecular formula is C23H27FN4O2. The minimum Gasteiger partial charge on any atom is -0.332 e. The average Bonchev–Trinajstić information content (AvgIpc) is 3.26. The molecule has 2 aliphatic heterocycles. The number of amides is 1. The number of hydrogen-bond donors (Lipinski definition) is 1. The van der Waals surface area contributed by atoms with Crippen LogP contribution in [0.3, 0.4) is 0 Å². The molecular weight excluding hydrogens is 383 g/mol. The molecule has 30 heavy (non-hydrogen) atoms. The Balaban J connectivity index is 1.35. The summed E-state index contributed by atoms with van der Waals surface area (Å²) in [6.45, 7) is 4.50. The van der Waals surface area contributed by atoms with Crippen molar-refractivity contribution in [2.24, 2.45) is 11.8 Å². The molecule has 158 valence electrons. The Morgan fingerprint density at radius 1 is 1.30 bits per heavy atom. The largest absolute Gasteiger partial charge is 0.332 e. The van der Waals surface area contributed by atoms with Crippen molar-refractivity contribution in [1.82, 2.24) is 19.8 Å². The van der Waals surface area contributed by atoms with Crippen molar-refractivity contribution in [3.63, 3.8) is 0 Å². The second-order valence-corrected chi connectivity index (χ2v) is 8.94. The van der Waals surface area contributed by atoms with Gasteiger partial charge in [-0.2, -0.15) is 0 Å². The molecule has 0 unspecified atom stereocenters. The zero-order valence-corrected chi connectivity index (χ0v) is 17.2. The van der Waals surface area contributed by atoms with Gasteiger partial charge >= 0.3 is 0 Å². The first-order valence-corrected chi connectivity index (χ1v) is 10.9. The summed E-state index contributed by atoms with van der Waals surface area (Å²) in [6.07, 6.45) is 3.40. The molecule has 1 amide bonds. The van der Waals surface area contributed by atoms with E-state index in [4.69, 9.17) is 4.98 Å². The van der Waals surface area contributed by atoms with Gasteiger partial charge in [-0.05, 0) is 31.2 Å². The van der Waals surface area contributed by atoms with Gasteiger partial charge in [0.05, 0.1) is 17.3 Å². The fourth-order valence-electron chi connectivity index (χ4n) is 4.85. The summed E-state index contributed by atoms with van der Waals surface area (Å²) in [5.41, 5.74) is 1.98. The zero-order chi connectivity index (χ0) is 20.8. The number of aromatic nitrogens is 2. The van der Waals surface area contributed by atoms with Crippen LogP contribution in [-0.2, 0) is 24.3 Å². The summed E-state index contributed by atoms with van der Waals surface area (Å²) in [4.78, 5) is 37.4. The Bertz CT molecular complexity index is 1040. The van der Waals surface area contributed by atoms with E-state index in [2.05, 4.69) is 16.8 Å². The Kier molecular flexibility index (Phi) is 4.93. The van der Waals surface area contributed by atoms with E-state index < -0.39 is 0 Å². The number of nitrogens with zero attached hydrogens (tertiary/aromatic N) is 3. The summed E-state index contributed by atoms with van der Waals surface area (Å²) in [7, 11) is 0. The number of nitrogens with one attached hydrogen (secondary N) is 1. The molecule has 0 radical (unpaired) electrons. The van der Waals surface area contributed by atoms with Gasteiger partial charge in [-0.3, -0.25) is 14.5 Å². The van der Waals surface area contributed by atoms with E-state index in [0.29, 0.717) is 42.4 Å². The minimum atomic E-state index is -0.221. The lowest BCUT2D eigenvalue weighted by atomic mass is 10.0. The summed E-state index contributed by atoms with van der Waals surface area (Å²) in [6, 6.07) is 6.63. The van der Waals surface area contributed by atoms with Crippen molar-refractivity contribution in [3.05, 3.63) is 63.1 Å². The quantitative estimate of drug-likeness (QED) is 0.842. The monoisotopic (exact) mass is 410 g/mol. The molecule has 5 rings (SSSR count). The SMILES string of the molecule is C[C@@H]1C[C@@H]1C(=O)N1CCC[C@@H]1c1nc2c(c(=O)[nH]1)CN(Cc1ccccc1F)CC2. The highest BCUT2D eigenvalue weighted by atomic mass is 19.1. The topological polar surface area (TPSA) is 69.3 Å². The van der Waals surface area contributed by atoms with Crippen LogP contribution in [0, 0.1) is 17.7 Å². The smallest absolute Gasteiger partial charge is 0.255 e. The predicted molar refractivity (Wildman–Crippen MR) is 110 cm³/mol. The second-order valence-electron chi connectivity index (χ2n) is 8.94. The third kappa shape index (κ3) is 3.55. The van der Waals surface area contributed by atoms with Gasteiger partial charge in [-0.25, -0.2) is 9.37 Å². The van der Waals surface area contributed by atoms with Crippen LogP contribution in [0.4, 0.5) is 4.39 Å². The second kappa shape index (κ2) is 7.61. The number of carbonyl (C=O) groups excluding carboxylic acids is 1. The summed E-state index contributed by atoms with van der Waals surface area (Å²) >= 11 is 0. The van der Waals surface area contributed by atoms with Crippen LogP contribution in [0.5, 0.6) is 0 Å². The van der Waals surface area contributed by atoms with Crippen LogP contribution < -0.4 is 5.56 Å². The van der Waals surface area contributed by atoms with E-state index in [-0.39, 0.29) is 29.2 Å². The molecule has 7 heteroatoms. The van der Waals surface area contributed by atoms with Crippen molar-refractivity contribution in [1.29, 1.82) is 0 Å². The van der Waals surface area contributed by atoms with E-state index >= 15 is 0 Å². The summed E-state index contributed by atoms with van der Waals surface area (Å²) < 4.78 is 14.0. The Hall–Kier alpha value is -2.54.